The quantitative estimate of drug-likeness (QED) is 0.681. The first kappa shape index (κ1) is 11.9. The third-order valence-corrected chi connectivity index (χ3v) is 3.63. The Labute approximate surface area is 124 Å². The summed E-state index contributed by atoms with van der Waals surface area (Å²) in [6.07, 6.45) is 3.65. The molecule has 0 radical (unpaired) electrons. The van der Waals surface area contributed by atoms with E-state index < -0.39 is 0 Å². The molecule has 0 atom stereocenters. The molecule has 4 nitrogen and oxygen atoms in total. The smallest absolute Gasteiger partial charge is 0.231 e. The summed E-state index contributed by atoms with van der Waals surface area (Å²) in [6.45, 7) is 0.255. The molecule has 1 aromatic carbocycles. The number of ether oxygens (including phenoxy) is 2. The van der Waals surface area contributed by atoms with Gasteiger partial charge in [0.15, 0.2) is 17.1 Å². The Morgan fingerprint density at radius 3 is 2.80 bits per heavy atom. The average molecular weight is 307 g/mol. The Bertz CT molecular complexity index is 829. The lowest BCUT2D eigenvalue weighted by atomic mass is 10.1. The van der Waals surface area contributed by atoms with Gasteiger partial charge in [-0.05, 0) is 24.3 Å². The summed E-state index contributed by atoms with van der Waals surface area (Å²) in [6, 6.07) is 7.38. The third kappa shape index (κ3) is 1.80. The van der Waals surface area contributed by atoms with E-state index in [1.54, 1.807) is 12.3 Å². The van der Waals surface area contributed by atoms with Gasteiger partial charge in [-0.1, -0.05) is 23.2 Å². The zero-order valence-electron chi connectivity index (χ0n) is 10.1. The molecule has 0 amide bonds. The highest BCUT2D eigenvalue weighted by Gasteiger charge is 2.15. The van der Waals surface area contributed by atoms with E-state index in [2.05, 4.69) is 4.98 Å². The standard InChI is InChI=1S/C14H8Cl2N2O2/c15-9-4-10(16)14-17-11(6-18(14)5-9)8-1-2-12-13(3-8)20-7-19-12/h1-6H,7H2. The number of hydrogen-bond donors (Lipinski definition) is 0. The number of halogens is 2. The summed E-state index contributed by atoms with van der Waals surface area (Å²) in [5, 5.41) is 1.08. The fourth-order valence-corrected chi connectivity index (χ4v) is 2.75. The van der Waals surface area contributed by atoms with Gasteiger partial charge in [0.05, 0.1) is 15.7 Å². The SMILES string of the molecule is Clc1cc(Cl)c2nc(-c3ccc4c(c3)OCO4)cn2c1. The van der Waals surface area contributed by atoms with Crippen LogP contribution in [0.3, 0.4) is 0 Å². The van der Waals surface area contributed by atoms with Crippen molar-refractivity contribution in [3.8, 4) is 22.8 Å². The molecule has 6 heteroatoms. The second kappa shape index (κ2) is 4.30. The van der Waals surface area contributed by atoms with Gasteiger partial charge in [0.1, 0.15) is 0 Å². The molecule has 0 fully saturated rings. The molecule has 3 heterocycles. The minimum absolute atomic E-state index is 0.255. The third-order valence-electron chi connectivity index (χ3n) is 3.14. The maximum atomic E-state index is 6.14. The van der Waals surface area contributed by atoms with Crippen molar-refractivity contribution in [2.24, 2.45) is 0 Å². The van der Waals surface area contributed by atoms with Crippen molar-refractivity contribution in [2.75, 3.05) is 6.79 Å². The lowest BCUT2D eigenvalue weighted by Gasteiger charge is -1.98. The molecule has 0 N–H and O–H groups in total. The van der Waals surface area contributed by atoms with Crippen molar-refractivity contribution >= 4 is 28.8 Å². The van der Waals surface area contributed by atoms with Crippen LogP contribution in [0.25, 0.3) is 16.9 Å². The van der Waals surface area contributed by atoms with Crippen molar-refractivity contribution < 1.29 is 9.47 Å². The molecule has 0 saturated heterocycles. The van der Waals surface area contributed by atoms with Crippen molar-refractivity contribution in [1.29, 1.82) is 0 Å². The monoisotopic (exact) mass is 306 g/mol. The molecule has 2 aromatic heterocycles. The Morgan fingerprint density at radius 1 is 1.05 bits per heavy atom. The van der Waals surface area contributed by atoms with Crippen LogP contribution in [0.4, 0.5) is 0 Å². The number of pyridine rings is 1. The van der Waals surface area contributed by atoms with Crippen molar-refractivity contribution in [3.05, 3.63) is 46.7 Å². The molecule has 100 valence electrons. The van der Waals surface area contributed by atoms with Crippen LogP contribution in [0, 0.1) is 0 Å². The molecule has 1 aliphatic rings. The predicted octanol–water partition coefficient (Wildman–Crippen LogP) is 4.04. The van der Waals surface area contributed by atoms with E-state index in [0.717, 1.165) is 22.8 Å². The number of nitrogens with zero attached hydrogens (tertiary/aromatic N) is 2. The maximum absolute atomic E-state index is 6.14. The highest BCUT2D eigenvalue weighted by Crippen LogP contribution is 2.36. The van der Waals surface area contributed by atoms with Gasteiger partial charge in [-0.25, -0.2) is 4.98 Å². The normalized spacial score (nSPS) is 13.1. The molecular formula is C14H8Cl2N2O2. The largest absolute Gasteiger partial charge is 0.454 e. The van der Waals surface area contributed by atoms with Gasteiger partial charge in [0, 0.05) is 18.0 Å². The van der Waals surface area contributed by atoms with Gasteiger partial charge in [-0.2, -0.15) is 0 Å². The summed E-state index contributed by atoms with van der Waals surface area (Å²) < 4.78 is 12.5. The Hall–Kier alpha value is -1.91. The number of imidazole rings is 1. The van der Waals surface area contributed by atoms with Crippen molar-refractivity contribution in [1.82, 2.24) is 9.38 Å². The Kier molecular flexibility index (Phi) is 2.55. The zero-order valence-corrected chi connectivity index (χ0v) is 11.6. The summed E-state index contributed by atoms with van der Waals surface area (Å²) in [5.74, 6) is 1.47. The fourth-order valence-electron chi connectivity index (χ4n) is 2.22. The van der Waals surface area contributed by atoms with Crippen LogP contribution in [0.2, 0.25) is 10.0 Å². The zero-order chi connectivity index (χ0) is 13.7. The molecule has 0 spiro atoms. The van der Waals surface area contributed by atoms with Gasteiger partial charge in [0.2, 0.25) is 6.79 Å². The van der Waals surface area contributed by atoms with E-state index >= 15 is 0 Å². The lowest BCUT2D eigenvalue weighted by Crippen LogP contribution is -1.92. The summed E-state index contributed by atoms with van der Waals surface area (Å²) >= 11 is 12.1. The topological polar surface area (TPSA) is 35.8 Å². The molecule has 0 unspecified atom stereocenters. The number of benzene rings is 1. The van der Waals surface area contributed by atoms with Gasteiger partial charge < -0.3 is 13.9 Å². The lowest BCUT2D eigenvalue weighted by molar-refractivity contribution is 0.174. The van der Waals surface area contributed by atoms with Gasteiger partial charge in [-0.15, -0.1) is 0 Å². The Balaban J connectivity index is 1.88. The van der Waals surface area contributed by atoms with Crippen LogP contribution in [-0.2, 0) is 0 Å². The van der Waals surface area contributed by atoms with Gasteiger partial charge in [0.25, 0.3) is 0 Å². The molecule has 20 heavy (non-hydrogen) atoms. The van der Waals surface area contributed by atoms with Crippen LogP contribution >= 0.6 is 23.2 Å². The average Bonchev–Trinajstić information content (AvgIpc) is 3.03. The van der Waals surface area contributed by atoms with Crippen molar-refractivity contribution in [2.45, 2.75) is 0 Å². The van der Waals surface area contributed by atoms with Crippen LogP contribution in [0.15, 0.2) is 36.7 Å². The number of rotatable bonds is 1. The molecule has 4 rings (SSSR count). The van der Waals surface area contributed by atoms with Crippen LogP contribution in [0.5, 0.6) is 11.5 Å². The van der Waals surface area contributed by atoms with E-state index in [-0.39, 0.29) is 6.79 Å². The van der Waals surface area contributed by atoms with E-state index in [0.29, 0.717) is 15.7 Å². The minimum Gasteiger partial charge on any atom is -0.454 e. The second-order valence-electron chi connectivity index (χ2n) is 4.43. The van der Waals surface area contributed by atoms with Crippen LogP contribution < -0.4 is 9.47 Å². The molecule has 0 aliphatic carbocycles. The van der Waals surface area contributed by atoms with E-state index in [1.165, 1.54) is 0 Å². The molecule has 3 aromatic rings. The van der Waals surface area contributed by atoms with E-state index in [4.69, 9.17) is 32.7 Å². The van der Waals surface area contributed by atoms with Gasteiger partial charge in [-0.3, -0.25) is 0 Å². The minimum atomic E-state index is 0.255. The summed E-state index contributed by atoms with van der Waals surface area (Å²) in [7, 11) is 0. The number of hydrogen-bond acceptors (Lipinski definition) is 3. The first-order valence-corrected chi connectivity index (χ1v) is 6.70. The predicted molar refractivity (Wildman–Crippen MR) is 76.8 cm³/mol. The van der Waals surface area contributed by atoms with Gasteiger partial charge >= 0.3 is 0 Å². The van der Waals surface area contributed by atoms with E-state index in [1.807, 2.05) is 28.8 Å². The summed E-state index contributed by atoms with van der Waals surface area (Å²) in [5.41, 5.74) is 2.40. The maximum Gasteiger partial charge on any atom is 0.231 e. The fraction of sp³-hybridized carbons (Fsp3) is 0.0714. The van der Waals surface area contributed by atoms with Crippen LogP contribution in [0.1, 0.15) is 0 Å². The molecular weight excluding hydrogens is 299 g/mol. The Morgan fingerprint density at radius 2 is 1.90 bits per heavy atom. The first-order chi connectivity index (χ1) is 9.70. The number of aromatic nitrogens is 2. The second-order valence-corrected chi connectivity index (χ2v) is 5.27. The molecule has 1 aliphatic heterocycles. The summed E-state index contributed by atoms with van der Waals surface area (Å²) in [4.78, 5) is 4.53. The number of fused-ring (bicyclic) bond motifs is 2. The highest BCUT2D eigenvalue weighted by atomic mass is 35.5. The molecule has 0 bridgehead atoms. The van der Waals surface area contributed by atoms with E-state index in [9.17, 15) is 0 Å². The highest BCUT2D eigenvalue weighted by molar-refractivity contribution is 6.36. The molecule has 0 saturated carbocycles. The van der Waals surface area contributed by atoms with Crippen LogP contribution in [-0.4, -0.2) is 16.2 Å². The van der Waals surface area contributed by atoms with Crippen molar-refractivity contribution in [3.63, 3.8) is 0 Å². The first-order valence-electron chi connectivity index (χ1n) is 5.94.